The zero-order valence-electron chi connectivity index (χ0n) is 11.2. The van der Waals surface area contributed by atoms with Gasteiger partial charge in [-0.2, -0.15) is 0 Å². The van der Waals surface area contributed by atoms with E-state index in [0.717, 1.165) is 12.6 Å². The van der Waals surface area contributed by atoms with Gasteiger partial charge >= 0.3 is 0 Å². The largest absolute Gasteiger partial charge is 0.309 e. The third-order valence-corrected chi connectivity index (χ3v) is 5.04. The number of hydrogen-bond donors (Lipinski definition) is 1. The van der Waals surface area contributed by atoms with E-state index in [0.29, 0.717) is 0 Å². The fraction of sp³-hybridized carbons (Fsp3) is 0.733. The molecule has 2 heteroatoms. The first kappa shape index (κ1) is 13.1. The van der Waals surface area contributed by atoms with Gasteiger partial charge in [0.15, 0.2) is 0 Å². The molecule has 2 rings (SSSR count). The van der Waals surface area contributed by atoms with Crippen LogP contribution in [0.3, 0.4) is 0 Å². The van der Waals surface area contributed by atoms with E-state index in [-0.39, 0.29) is 0 Å². The molecule has 96 valence electrons. The summed E-state index contributed by atoms with van der Waals surface area (Å²) >= 11 is 1.95. The Hall–Kier alpha value is -0.340. The lowest BCUT2D eigenvalue weighted by molar-refractivity contribution is 0.390. The van der Waals surface area contributed by atoms with Gasteiger partial charge < -0.3 is 5.32 Å². The minimum absolute atomic E-state index is 0.762. The highest BCUT2D eigenvalue weighted by Gasteiger charge is 2.11. The van der Waals surface area contributed by atoms with E-state index >= 15 is 0 Å². The fourth-order valence-electron chi connectivity index (χ4n) is 2.64. The molecule has 0 atom stereocenters. The molecule has 1 heterocycles. The smallest absolute Gasteiger partial charge is 0.0302 e. The third-order valence-electron chi connectivity index (χ3n) is 3.89. The van der Waals surface area contributed by atoms with Crippen molar-refractivity contribution in [1.82, 2.24) is 5.32 Å². The lowest BCUT2D eigenvalue weighted by Gasteiger charge is -2.20. The van der Waals surface area contributed by atoms with Crippen molar-refractivity contribution >= 4 is 11.3 Å². The Balaban J connectivity index is 1.79. The summed E-state index contributed by atoms with van der Waals surface area (Å²) in [6.45, 7) is 5.51. The highest BCUT2D eigenvalue weighted by molar-refractivity contribution is 7.12. The Morgan fingerprint density at radius 3 is 2.35 bits per heavy atom. The van der Waals surface area contributed by atoms with Crippen LogP contribution in [0.2, 0.25) is 0 Å². The third kappa shape index (κ3) is 4.11. The van der Waals surface area contributed by atoms with Crippen molar-refractivity contribution in [1.29, 1.82) is 0 Å². The summed E-state index contributed by atoms with van der Waals surface area (Å²) in [5.41, 5.74) is 1.45. The van der Waals surface area contributed by atoms with Crippen molar-refractivity contribution in [2.75, 3.05) is 0 Å². The Labute approximate surface area is 110 Å². The monoisotopic (exact) mass is 251 g/mol. The lowest BCUT2D eigenvalue weighted by atomic mass is 9.97. The van der Waals surface area contributed by atoms with E-state index in [1.165, 1.54) is 60.3 Å². The zero-order valence-corrected chi connectivity index (χ0v) is 12.0. The average Bonchev–Trinajstić information content (AvgIpc) is 2.57. The maximum absolute atomic E-state index is 3.76. The maximum atomic E-state index is 3.76. The van der Waals surface area contributed by atoms with Crippen molar-refractivity contribution in [2.45, 2.75) is 71.4 Å². The predicted molar refractivity (Wildman–Crippen MR) is 76.7 cm³/mol. The molecule has 1 aliphatic carbocycles. The number of hydrogen-bond acceptors (Lipinski definition) is 2. The van der Waals surface area contributed by atoms with Crippen LogP contribution in [0, 0.1) is 13.8 Å². The quantitative estimate of drug-likeness (QED) is 0.830. The van der Waals surface area contributed by atoms with Crippen LogP contribution in [0.15, 0.2) is 6.07 Å². The molecule has 0 radical (unpaired) electrons. The summed E-state index contributed by atoms with van der Waals surface area (Å²) in [5, 5.41) is 3.76. The van der Waals surface area contributed by atoms with Gasteiger partial charge in [-0.05, 0) is 38.3 Å². The minimum atomic E-state index is 0.762. The molecule has 1 fully saturated rings. The summed E-state index contributed by atoms with van der Waals surface area (Å²) in [7, 11) is 0. The molecule has 0 unspecified atom stereocenters. The standard InChI is InChI=1S/C15H25NS/c1-12-10-15(17-13(12)2)11-16-14-8-6-4-3-5-7-9-14/h10,14,16H,3-9,11H2,1-2H3. The number of nitrogens with one attached hydrogen (secondary N) is 1. The van der Waals surface area contributed by atoms with E-state index in [1.54, 1.807) is 0 Å². The topological polar surface area (TPSA) is 12.0 Å². The molecule has 17 heavy (non-hydrogen) atoms. The van der Waals surface area contributed by atoms with E-state index < -0.39 is 0 Å². The lowest BCUT2D eigenvalue weighted by Crippen LogP contribution is -2.28. The average molecular weight is 251 g/mol. The minimum Gasteiger partial charge on any atom is -0.309 e. The maximum Gasteiger partial charge on any atom is 0.0302 e. The molecule has 1 N–H and O–H groups in total. The molecule has 0 spiro atoms. The first-order chi connectivity index (χ1) is 8.25. The van der Waals surface area contributed by atoms with Crippen LogP contribution in [0.4, 0.5) is 0 Å². The van der Waals surface area contributed by atoms with Crippen molar-refractivity contribution in [3.63, 3.8) is 0 Å². The van der Waals surface area contributed by atoms with E-state index in [1.807, 2.05) is 11.3 Å². The van der Waals surface area contributed by atoms with Crippen LogP contribution < -0.4 is 5.32 Å². The van der Waals surface area contributed by atoms with Gasteiger partial charge in [0.1, 0.15) is 0 Å². The number of aryl methyl sites for hydroxylation is 2. The Morgan fingerprint density at radius 2 is 1.76 bits per heavy atom. The van der Waals surface area contributed by atoms with Gasteiger partial charge in [0, 0.05) is 22.3 Å². The van der Waals surface area contributed by atoms with E-state index in [4.69, 9.17) is 0 Å². The highest BCUT2D eigenvalue weighted by atomic mass is 32.1. The molecule has 0 bridgehead atoms. The van der Waals surface area contributed by atoms with Crippen LogP contribution in [0.5, 0.6) is 0 Å². The summed E-state index contributed by atoms with van der Waals surface area (Å²) in [5.74, 6) is 0. The normalized spacial score (nSPS) is 18.9. The van der Waals surface area contributed by atoms with Crippen molar-refractivity contribution < 1.29 is 0 Å². The van der Waals surface area contributed by atoms with Crippen molar-refractivity contribution in [3.05, 3.63) is 21.4 Å². The molecule has 0 aliphatic heterocycles. The van der Waals surface area contributed by atoms with Crippen molar-refractivity contribution in [2.24, 2.45) is 0 Å². The summed E-state index contributed by atoms with van der Waals surface area (Å²) in [4.78, 5) is 2.97. The predicted octanol–water partition coefficient (Wildman–Crippen LogP) is 4.57. The summed E-state index contributed by atoms with van der Waals surface area (Å²) < 4.78 is 0. The molecule has 1 aromatic heterocycles. The van der Waals surface area contributed by atoms with Crippen LogP contribution in [0.1, 0.15) is 60.3 Å². The Bertz CT molecular complexity index is 315. The summed E-state index contributed by atoms with van der Waals surface area (Å²) in [6.07, 6.45) is 9.92. The second-order valence-electron chi connectivity index (χ2n) is 5.37. The van der Waals surface area contributed by atoms with Crippen LogP contribution in [-0.2, 0) is 6.54 Å². The fourth-order valence-corrected chi connectivity index (χ4v) is 3.65. The van der Waals surface area contributed by atoms with Gasteiger partial charge in [-0.1, -0.05) is 32.1 Å². The van der Waals surface area contributed by atoms with Gasteiger partial charge in [0.05, 0.1) is 0 Å². The number of rotatable bonds is 3. The molecule has 1 aliphatic rings. The first-order valence-corrected chi connectivity index (χ1v) is 7.86. The summed E-state index contributed by atoms with van der Waals surface area (Å²) in [6, 6.07) is 3.11. The van der Waals surface area contributed by atoms with Gasteiger partial charge in [0.25, 0.3) is 0 Å². The Morgan fingerprint density at radius 1 is 1.12 bits per heavy atom. The van der Waals surface area contributed by atoms with Gasteiger partial charge in [-0.25, -0.2) is 0 Å². The first-order valence-electron chi connectivity index (χ1n) is 7.05. The molecule has 0 amide bonds. The molecular weight excluding hydrogens is 226 g/mol. The molecule has 1 nitrogen and oxygen atoms in total. The SMILES string of the molecule is Cc1cc(CNC2CCCCCCC2)sc1C. The van der Waals surface area contributed by atoms with Crippen LogP contribution in [-0.4, -0.2) is 6.04 Å². The Kier molecular flexibility index (Phi) is 5.05. The highest BCUT2D eigenvalue weighted by Crippen LogP contribution is 2.22. The second kappa shape index (κ2) is 6.55. The molecule has 0 saturated heterocycles. The van der Waals surface area contributed by atoms with Crippen molar-refractivity contribution in [3.8, 4) is 0 Å². The molecule has 1 aromatic rings. The van der Waals surface area contributed by atoms with Gasteiger partial charge in [-0.3, -0.25) is 0 Å². The molecule has 1 saturated carbocycles. The van der Waals surface area contributed by atoms with E-state index in [9.17, 15) is 0 Å². The zero-order chi connectivity index (χ0) is 12.1. The molecular formula is C15H25NS. The van der Waals surface area contributed by atoms with E-state index in [2.05, 4.69) is 25.2 Å². The molecule has 0 aromatic carbocycles. The van der Waals surface area contributed by atoms with Gasteiger partial charge in [-0.15, -0.1) is 11.3 Å². The van der Waals surface area contributed by atoms with Gasteiger partial charge in [0.2, 0.25) is 0 Å². The second-order valence-corrected chi connectivity index (χ2v) is 6.72. The number of thiophene rings is 1. The van der Waals surface area contributed by atoms with Crippen LogP contribution in [0.25, 0.3) is 0 Å². The van der Waals surface area contributed by atoms with Crippen LogP contribution >= 0.6 is 11.3 Å².